The topological polar surface area (TPSA) is 54.9 Å². The van der Waals surface area contributed by atoms with Gasteiger partial charge in [-0.3, -0.25) is 4.79 Å². The molecule has 0 aliphatic carbocycles. The Morgan fingerprint density at radius 2 is 2.16 bits per heavy atom. The molecule has 19 heavy (non-hydrogen) atoms. The summed E-state index contributed by atoms with van der Waals surface area (Å²) in [6.45, 7) is 4.05. The number of hydrogen-bond acceptors (Lipinski definition) is 4. The maximum Gasteiger partial charge on any atom is 0.230 e. The number of amides is 1. The van der Waals surface area contributed by atoms with Crippen LogP contribution >= 0.6 is 11.8 Å². The quantitative estimate of drug-likeness (QED) is 0.673. The molecule has 2 aromatic rings. The van der Waals surface area contributed by atoms with Gasteiger partial charge in [-0.2, -0.15) is 0 Å². The summed E-state index contributed by atoms with van der Waals surface area (Å²) >= 11 is 1.45. The molecule has 1 N–H and O–H groups in total. The van der Waals surface area contributed by atoms with Crippen molar-refractivity contribution in [2.24, 2.45) is 0 Å². The van der Waals surface area contributed by atoms with Crippen LogP contribution in [0.4, 0.5) is 0 Å². The fourth-order valence-corrected chi connectivity index (χ4v) is 2.45. The molecule has 0 fully saturated rings. The molecule has 5 heteroatoms. The Morgan fingerprint density at radius 1 is 1.37 bits per heavy atom. The molecule has 0 saturated heterocycles. The highest BCUT2D eigenvalue weighted by molar-refractivity contribution is 8.00. The van der Waals surface area contributed by atoms with E-state index in [0.29, 0.717) is 5.75 Å². The summed E-state index contributed by atoms with van der Waals surface area (Å²) in [4.78, 5) is 20.2. The number of carbonyl (C=O) groups excluding carboxylic acids is 1. The maximum atomic E-state index is 11.7. The molecule has 0 saturated carbocycles. The summed E-state index contributed by atoms with van der Waals surface area (Å²) in [6.07, 6.45) is 2.48. The SMILES string of the molecule is CC[C@@H](C)NC(=O)CSc1ncnc2ccccc12. The van der Waals surface area contributed by atoms with Crippen LogP contribution in [-0.2, 0) is 4.79 Å². The summed E-state index contributed by atoms with van der Waals surface area (Å²) in [5, 5.41) is 4.79. The Kier molecular flexibility index (Phi) is 4.74. The second-order valence-electron chi connectivity index (χ2n) is 4.36. The minimum atomic E-state index is 0.0436. The third-order valence-corrected chi connectivity index (χ3v) is 3.87. The van der Waals surface area contributed by atoms with Gasteiger partial charge in [0.2, 0.25) is 5.91 Å². The van der Waals surface area contributed by atoms with Crippen LogP contribution in [0.5, 0.6) is 0 Å². The van der Waals surface area contributed by atoms with Gasteiger partial charge in [-0.15, -0.1) is 0 Å². The molecule has 100 valence electrons. The molecule has 1 atom stereocenters. The van der Waals surface area contributed by atoms with Crippen molar-refractivity contribution in [3.63, 3.8) is 0 Å². The van der Waals surface area contributed by atoms with Crippen molar-refractivity contribution < 1.29 is 4.79 Å². The molecule has 0 aliphatic heterocycles. The lowest BCUT2D eigenvalue weighted by Gasteiger charge is -2.11. The van der Waals surface area contributed by atoms with Gasteiger partial charge in [-0.05, 0) is 19.4 Å². The van der Waals surface area contributed by atoms with Crippen molar-refractivity contribution in [2.45, 2.75) is 31.3 Å². The van der Waals surface area contributed by atoms with Gasteiger partial charge in [-0.25, -0.2) is 9.97 Å². The van der Waals surface area contributed by atoms with E-state index in [0.717, 1.165) is 22.3 Å². The van der Waals surface area contributed by atoms with Gasteiger partial charge in [0.25, 0.3) is 0 Å². The lowest BCUT2D eigenvalue weighted by molar-refractivity contribution is -0.119. The number of fused-ring (bicyclic) bond motifs is 1. The van der Waals surface area contributed by atoms with Crippen LogP contribution in [0.1, 0.15) is 20.3 Å². The highest BCUT2D eigenvalue weighted by Crippen LogP contribution is 2.23. The Bertz CT molecular complexity index is 568. The van der Waals surface area contributed by atoms with Crippen LogP contribution in [0.3, 0.4) is 0 Å². The van der Waals surface area contributed by atoms with Gasteiger partial charge >= 0.3 is 0 Å². The fraction of sp³-hybridized carbons (Fsp3) is 0.357. The number of benzene rings is 1. The van der Waals surface area contributed by atoms with E-state index in [1.807, 2.05) is 31.2 Å². The number of hydrogen-bond donors (Lipinski definition) is 1. The van der Waals surface area contributed by atoms with E-state index in [4.69, 9.17) is 0 Å². The molecule has 0 aliphatic rings. The van der Waals surface area contributed by atoms with Crippen molar-refractivity contribution in [1.29, 1.82) is 0 Å². The summed E-state index contributed by atoms with van der Waals surface area (Å²) in [5.74, 6) is 0.424. The van der Waals surface area contributed by atoms with Gasteiger partial charge < -0.3 is 5.32 Å². The zero-order valence-corrected chi connectivity index (χ0v) is 11.9. The number of thioether (sulfide) groups is 1. The van der Waals surface area contributed by atoms with Crippen molar-refractivity contribution >= 4 is 28.6 Å². The average molecular weight is 275 g/mol. The molecule has 0 bridgehead atoms. The number of carbonyl (C=O) groups is 1. The highest BCUT2D eigenvalue weighted by Gasteiger charge is 2.09. The van der Waals surface area contributed by atoms with Crippen molar-refractivity contribution in [2.75, 3.05) is 5.75 Å². The summed E-state index contributed by atoms with van der Waals surface area (Å²) in [5.41, 5.74) is 0.905. The van der Waals surface area contributed by atoms with Gasteiger partial charge in [0.05, 0.1) is 11.3 Å². The molecule has 0 radical (unpaired) electrons. The van der Waals surface area contributed by atoms with E-state index in [2.05, 4.69) is 22.2 Å². The van der Waals surface area contributed by atoms with Crippen LogP contribution < -0.4 is 5.32 Å². The average Bonchev–Trinajstić information content (AvgIpc) is 2.44. The standard InChI is InChI=1S/C14H17N3OS/c1-3-10(2)17-13(18)8-19-14-11-6-4-5-7-12(11)15-9-16-14/h4-7,9-10H,3,8H2,1-2H3,(H,17,18)/t10-/m1/s1. The van der Waals surface area contributed by atoms with Crippen LogP contribution in [0.25, 0.3) is 10.9 Å². The number of nitrogens with zero attached hydrogens (tertiary/aromatic N) is 2. The Labute approximate surface area is 117 Å². The number of aromatic nitrogens is 2. The molecular formula is C14H17N3OS. The van der Waals surface area contributed by atoms with Crippen molar-refractivity contribution in [3.05, 3.63) is 30.6 Å². The Balaban J connectivity index is 2.04. The molecule has 1 aromatic carbocycles. The molecular weight excluding hydrogens is 258 g/mol. The third-order valence-electron chi connectivity index (χ3n) is 2.87. The fourth-order valence-electron chi connectivity index (χ4n) is 1.65. The number of nitrogens with one attached hydrogen (secondary N) is 1. The Morgan fingerprint density at radius 3 is 2.95 bits per heavy atom. The van der Waals surface area contributed by atoms with Gasteiger partial charge in [0.15, 0.2) is 0 Å². The largest absolute Gasteiger partial charge is 0.353 e. The van der Waals surface area contributed by atoms with E-state index in [9.17, 15) is 4.79 Å². The van der Waals surface area contributed by atoms with Gasteiger partial charge in [-0.1, -0.05) is 36.9 Å². The van der Waals surface area contributed by atoms with Crippen LogP contribution in [-0.4, -0.2) is 27.7 Å². The van der Waals surface area contributed by atoms with Crippen molar-refractivity contribution in [1.82, 2.24) is 15.3 Å². The normalized spacial score (nSPS) is 12.3. The zero-order chi connectivity index (χ0) is 13.7. The predicted molar refractivity (Wildman–Crippen MR) is 78.2 cm³/mol. The summed E-state index contributed by atoms with van der Waals surface area (Å²) < 4.78 is 0. The first kappa shape index (κ1) is 13.8. The predicted octanol–water partition coefficient (Wildman–Crippen LogP) is 2.64. The first-order valence-corrected chi connectivity index (χ1v) is 7.31. The van der Waals surface area contributed by atoms with Gasteiger partial charge in [0.1, 0.15) is 11.4 Å². The molecule has 1 aromatic heterocycles. The van der Waals surface area contributed by atoms with E-state index in [-0.39, 0.29) is 11.9 Å². The maximum absolute atomic E-state index is 11.7. The van der Waals surface area contributed by atoms with Crippen LogP contribution in [0.2, 0.25) is 0 Å². The second-order valence-corrected chi connectivity index (χ2v) is 5.33. The smallest absolute Gasteiger partial charge is 0.230 e. The lowest BCUT2D eigenvalue weighted by Crippen LogP contribution is -2.33. The first-order chi connectivity index (χ1) is 9.20. The van der Waals surface area contributed by atoms with E-state index < -0.39 is 0 Å². The van der Waals surface area contributed by atoms with E-state index >= 15 is 0 Å². The molecule has 1 heterocycles. The molecule has 2 rings (SSSR count). The van der Waals surface area contributed by atoms with E-state index in [1.165, 1.54) is 18.1 Å². The van der Waals surface area contributed by atoms with Gasteiger partial charge in [0, 0.05) is 11.4 Å². The minimum absolute atomic E-state index is 0.0436. The molecule has 0 unspecified atom stereocenters. The van der Waals surface area contributed by atoms with Crippen LogP contribution in [0.15, 0.2) is 35.6 Å². The molecule has 0 spiro atoms. The number of para-hydroxylation sites is 1. The first-order valence-electron chi connectivity index (χ1n) is 6.32. The molecule has 1 amide bonds. The number of rotatable bonds is 5. The second kappa shape index (κ2) is 6.52. The Hall–Kier alpha value is -1.62. The monoisotopic (exact) mass is 275 g/mol. The summed E-state index contributed by atoms with van der Waals surface area (Å²) in [7, 11) is 0. The summed E-state index contributed by atoms with van der Waals surface area (Å²) in [6, 6.07) is 8.04. The third kappa shape index (κ3) is 3.67. The lowest BCUT2D eigenvalue weighted by atomic mass is 10.2. The van der Waals surface area contributed by atoms with Crippen molar-refractivity contribution in [3.8, 4) is 0 Å². The molecule has 4 nitrogen and oxygen atoms in total. The zero-order valence-electron chi connectivity index (χ0n) is 11.1. The van der Waals surface area contributed by atoms with Crippen LogP contribution in [0, 0.1) is 0 Å². The van der Waals surface area contributed by atoms with E-state index in [1.54, 1.807) is 0 Å². The highest BCUT2D eigenvalue weighted by atomic mass is 32.2. The minimum Gasteiger partial charge on any atom is -0.353 e.